The molecular weight excluding hydrogens is 295 g/mol. The number of carbonyl (C=O) groups excluding carboxylic acids is 1. The van der Waals surface area contributed by atoms with Crippen LogP contribution in [0.2, 0.25) is 0 Å². The number of halogens is 1. The van der Waals surface area contributed by atoms with E-state index >= 15 is 0 Å². The highest BCUT2D eigenvalue weighted by Gasteiger charge is 2.39. The highest BCUT2D eigenvalue weighted by Crippen LogP contribution is 2.43. The Balaban J connectivity index is 2.17. The first-order chi connectivity index (χ1) is 9.89. The van der Waals surface area contributed by atoms with Crippen molar-refractivity contribution < 1.29 is 17.6 Å². The van der Waals surface area contributed by atoms with E-state index in [1.54, 1.807) is 30.3 Å². The zero-order valence-electron chi connectivity index (χ0n) is 10.7. The van der Waals surface area contributed by atoms with Gasteiger partial charge in [0.15, 0.2) is 0 Å². The summed E-state index contributed by atoms with van der Waals surface area (Å²) in [6.07, 6.45) is -1.90. The Labute approximate surface area is 120 Å². The summed E-state index contributed by atoms with van der Waals surface area (Å²) in [7, 11) is -3.94. The number of hydrogen-bond donors (Lipinski definition) is 1. The fourth-order valence-electron chi connectivity index (χ4n) is 2.32. The van der Waals surface area contributed by atoms with E-state index in [9.17, 15) is 17.6 Å². The second-order valence-corrected chi connectivity index (χ2v) is 6.20. The highest BCUT2D eigenvalue weighted by molar-refractivity contribution is 7.89. The number of sulfonamides is 1. The number of rotatable bonds is 2. The molecular formula is C14H11FN2O3S. The zero-order chi connectivity index (χ0) is 15.2. The van der Waals surface area contributed by atoms with Crippen molar-refractivity contribution in [1.82, 2.24) is 0 Å². The van der Waals surface area contributed by atoms with Gasteiger partial charge in [0.05, 0.1) is 10.6 Å². The number of nitrogens with zero attached hydrogens (tertiary/aromatic N) is 1. The largest absolute Gasteiger partial charge is 0.278 e. The number of nitrogens with two attached hydrogens (primary N) is 1. The summed E-state index contributed by atoms with van der Waals surface area (Å²) < 4.78 is 36.8. The molecule has 0 bridgehead atoms. The summed E-state index contributed by atoms with van der Waals surface area (Å²) in [5.74, 6) is -0.747. The second-order valence-electron chi connectivity index (χ2n) is 4.64. The van der Waals surface area contributed by atoms with Crippen LogP contribution in [0.25, 0.3) is 0 Å². The zero-order valence-corrected chi connectivity index (χ0v) is 11.5. The number of primary sulfonamides is 1. The van der Waals surface area contributed by atoms with Gasteiger partial charge >= 0.3 is 0 Å². The molecule has 2 aromatic carbocycles. The average molecular weight is 306 g/mol. The number of fused-ring (bicyclic) bond motifs is 1. The van der Waals surface area contributed by atoms with Gasteiger partial charge in [0.25, 0.3) is 5.91 Å². The van der Waals surface area contributed by atoms with Crippen molar-refractivity contribution in [3.8, 4) is 0 Å². The number of alkyl halides is 1. The first-order valence-electron chi connectivity index (χ1n) is 6.09. The van der Waals surface area contributed by atoms with E-state index in [-0.39, 0.29) is 10.5 Å². The van der Waals surface area contributed by atoms with Crippen molar-refractivity contribution >= 4 is 27.3 Å². The molecule has 5 nitrogen and oxygen atoms in total. The van der Waals surface area contributed by atoms with Gasteiger partial charge in [-0.15, -0.1) is 0 Å². The van der Waals surface area contributed by atoms with Gasteiger partial charge in [0.1, 0.15) is 0 Å². The number of anilines is 2. The molecule has 1 aliphatic rings. The fraction of sp³-hybridized carbons (Fsp3) is 0.0714. The van der Waals surface area contributed by atoms with E-state index in [0.717, 1.165) is 6.07 Å². The van der Waals surface area contributed by atoms with Gasteiger partial charge in [-0.05, 0) is 30.3 Å². The van der Waals surface area contributed by atoms with Gasteiger partial charge in [-0.25, -0.2) is 17.9 Å². The Kier molecular flexibility index (Phi) is 3.03. The summed E-state index contributed by atoms with van der Waals surface area (Å²) in [4.78, 5) is 13.1. The Morgan fingerprint density at radius 1 is 1.10 bits per heavy atom. The lowest BCUT2D eigenvalue weighted by molar-refractivity contribution is -0.121. The quantitative estimate of drug-likeness (QED) is 0.921. The van der Waals surface area contributed by atoms with E-state index in [4.69, 9.17) is 5.14 Å². The van der Waals surface area contributed by atoms with E-state index in [0.29, 0.717) is 11.4 Å². The van der Waals surface area contributed by atoms with Crippen molar-refractivity contribution in [3.05, 3.63) is 54.1 Å². The van der Waals surface area contributed by atoms with Crippen LogP contribution in [0.1, 0.15) is 11.7 Å². The molecule has 1 heterocycles. The molecule has 2 aromatic rings. The van der Waals surface area contributed by atoms with Crippen LogP contribution in [0.5, 0.6) is 0 Å². The first-order valence-corrected chi connectivity index (χ1v) is 7.64. The molecule has 1 amide bonds. The van der Waals surface area contributed by atoms with Crippen molar-refractivity contribution in [1.29, 1.82) is 0 Å². The van der Waals surface area contributed by atoms with E-state index in [1.807, 2.05) is 0 Å². The van der Waals surface area contributed by atoms with Crippen LogP contribution < -0.4 is 10.0 Å². The van der Waals surface area contributed by atoms with Crippen LogP contribution in [0.15, 0.2) is 53.4 Å². The topological polar surface area (TPSA) is 80.5 Å². The second kappa shape index (κ2) is 4.64. The molecule has 0 radical (unpaired) electrons. The molecule has 0 aliphatic carbocycles. The summed E-state index contributed by atoms with van der Waals surface area (Å²) >= 11 is 0. The van der Waals surface area contributed by atoms with Crippen LogP contribution in [0.4, 0.5) is 15.8 Å². The Morgan fingerprint density at radius 3 is 2.38 bits per heavy atom. The maximum absolute atomic E-state index is 14.2. The molecule has 1 aliphatic heterocycles. The molecule has 2 N–H and O–H groups in total. The van der Waals surface area contributed by atoms with Crippen molar-refractivity contribution in [2.24, 2.45) is 5.14 Å². The van der Waals surface area contributed by atoms with E-state index in [2.05, 4.69) is 0 Å². The molecule has 0 fully saturated rings. The molecule has 3 rings (SSSR count). The minimum atomic E-state index is -3.94. The van der Waals surface area contributed by atoms with Crippen LogP contribution in [0.3, 0.4) is 0 Å². The normalized spacial score (nSPS) is 17.9. The number of para-hydroxylation sites is 1. The predicted octanol–water partition coefficient (Wildman–Crippen LogP) is 2.02. The minimum Gasteiger partial charge on any atom is -0.278 e. The summed E-state index contributed by atoms with van der Waals surface area (Å²) in [6.45, 7) is 0. The third kappa shape index (κ3) is 2.20. The van der Waals surface area contributed by atoms with Crippen LogP contribution in [0, 0.1) is 0 Å². The average Bonchev–Trinajstić information content (AvgIpc) is 2.71. The van der Waals surface area contributed by atoms with Gasteiger partial charge in [-0.3, -0.25) is 9.69 Å². The summed E-state index contributed by atoms with van der Waals surface area (Å²) in [6, 6.07) is 12.3. The van der Waals surface area contributed by atoms with Gasteiger partial charge in [-0.1, -0.05) is 18.2 Å². The molecule has 7 heteroatoms. The lowest BCUT2D eigenvalue weighted by Gasteiger charge is -2.17. The standard InChI is InChI=1S/C14H11FN2O3S/c15-13-11-8-10(21(16,19)20)6-7-12(11)17(14(13)18)9-4-2-1-3-5-9/h1-8,13H,(H2,16,19,20). The number of carbonyl (C=O) groups is 1. The Hall–Kier alpha value is -2.25. The molecule has 0 saturated heterocycles. The minimum absolute atomic E-state index is 0.00961. The molecule has 0 saturated carbocycles. The maximum atomic E-state index is 14.2. The smallest absolute Gasteiger partial charge is 0.270 e. The van der Waals surface area contributed by atoms with Gasteiger partial charge < -0.3 is 0 Å². The van der Waals surface area contributed by atoms with Crippen LogP contribution >= 0.6 is 0 Å². The molecule has 0 aromatic heterocycles. The third-order valence-electron chi connectivity index (χ3n) is 3.29. The van der Waals surface area contributed by atoms with Crippen LogP contribution in [-0.2, 0) is 14.8 Å². The summed E-state index contributed by atoms with van der Waals surface area (Å²) in [5, 5.41) is 5.03. The first kappa shape index (κ1) is 13.7. The molecule has 1 atom stereocenters. The van der Waals surface area contributed by atoms with Gasteiger partial charge in [0.2, 0.25) is 16.2 Å². The van der Waals surface area contributed by atoms with Gasteiger partial charge in [-0.2, -0.15) is 0 Å². The van der Waals surface area contributed by atoms with Gasteiger partial charge in [0, 0.05) is 11.3 Å². The Bertz CT molecular complexity index is 821. The number of amides is 1. The monoisotopic (exact) mass is 306 g/mol. The molecule has 0 spiro atoms. The highest BCUT2D eigenvalue weighted by atomic mass is 32.2. The fourth-order valence-corrected chi connectivity index (χ4v) is 2.87. The van der Waals surface area contributed by atoms with E-state index < -0.39 is 22.1 Å². The van der Waals surface area contributed by atoms with Crippen molar-refractivity contribution in [2.75, 3.05) is 4.90 Å². The lowest BCUT2D eigenvalue weighted by Crippen LogP contribution is -2.22. The number of hydrogen-bond acceptors (Lipinski definition) is 3. The van der Waals surface area contributed by atoms with Crippen molar-refractivity contribution in [3.63, 3.8) is 0 Å². The lowest BCUT2D eigenvalue weighted by atomic mass is 10.1. The molecule has 21 heavy (non-hydrogen) atoms. The third-order valence-corrected chi connectivity index (χ3v) is 4.20. The van der Waals surface area contributed by atoms with Crippen molar-refractivity contribution in [2.45, 2.75) is 11.1 Å². The number of benzene rings is 2. The van der Waals surface area contributed by atoms with Crippen LogP contribution in [-0.4, -0.2) is 14.3 Å². The molecule has 1 unspecified atom stereocenters. The summed E-state index contributed by atoms with van der Waals surface area (Å²) in [5.41, 5.74) is 0.855. The Morgan fingerprint density at radius 2 is 1.76 bits per heavy atom. The maximum Gasteiger partial charge on any atom is 0.270 e. The predicted molar refractivity (Wildman–Crippen MR) is 75.3 cm³/mol. The molecule has 108 valence electrons. The van der Waals surface area contributed by atoms with E-state index in [1.165, 1.54) is 17.0 Å². The SMILES string of the molecule is NS(=O)(=O)c1ccc2c(c1)C(F)C(=O)N2c1ccccc1.